The molecule has 2 heteroatoms. The predicted molar refractivity (Wildman–Crippen MR) is 66.9 cm³/mol. The normalized spacial score (nSPS) is 16.8. The summed E-state index contributed by atoms with van der Waals surface area (Å²) in [5, 5.41) is 0. The highest BCUT2D eigenvalue weighted by Crippen LogP contribution is 2.27. The molecular weight excluding hydrogens is 186 g/mol. The quantitative estimate of drug-likeness (QED) is 0.738. The molecule has 0 saturated heterocycles. The van der Waals surface area contributed by atoms with E-state index in [2.05, 4.69) is 34.6 Å². The monoisotopic (exact) mass is 215 g/mol. The van der Waals surface area contributed by atoms with Gasteiger partial charge < -0.3 is 10.5 Å². The van der Waals surface area contributed by atoms with Gasteiger partial charge in [-0.25, -0.2) is 0 Å². The molecule has 0 saturated carbocycles. The van der Waals surface area contributed by atoms with Crippen LogP contribution in [0, 0.1) is 11.3 Å². The Kier molecular flexibility index (Phi) is 6.46. The summed E-state index contributed by atoms with van der Waals surface area (Å²) in [6.07, 6.45) is 3.65. The van der Waals surface area contributed by atoms with Gasteiger partial charge in [-0.05, 0) is 17.8 Å². The molecular formula is C13H29NO. The minimum absolute atomic E-state index is 0.125. The van der Waals surface area contributed by atoms with Gasteiger partial charge >= 0.3 is 0 Å². The van der Waals surface area contributed by atoms with Crippen LogP contribution in [0.15, 0.2) is 0 Å². The van der Waals surface area contributed by atoms with Crippen LogP contribution >= 0.6 is 0 Å². The summed E-state index contributed by atoms with van der Waals surface area (Å²) < 4.78 is 5.54. The lowest BCUT2D eigenvalue weighted by Crippen LogP contribution is -2.45. The number of ether oxygens (including phenoxy) is 1. The van der Waals surface area contributed by atoms with Gasteiger partial charge in [0.1, 0.15) is 0 Å². The van der Waals surface area contributed by atoms with E-state index in [4.69, 9.17) is 10.5 Å². The Morgan fingerprint density at radius 2 is 1.60 bits per heavy atom. The largest absolute Gasteiger partial charge is 0.379 e. The zero-order valence-electron chi connectivity index (χ0n) is 11.3. The third kappa shape index (κ3) is 4.98. The number of rotatable bonds is 6. The van der Waals surface area contributed by atoms with Gasteiger partial charge in [0.05, 0.1) is 6.10 Å². The molecule has 0 aliphatic rings. The fourth-order valence-corrected chi connectivity index (χ4v) is 2.30. The zero-order valence-corrected chi connectivity index (χ0v) is 11.3. The van der Waals surface area contributed by atoms with Crippen molar-refractivity contribution in [3.05, 3.63) is 0 Å². The molecule has 0 bridgehead atoms. The summed E-state index contributed by atoms with van der Waals surface area (Å²) in [6.45, 7) is 11.0. The van der Waals surface area contributed by atoms with Crippen LogP contribution in [0.3, 0.4) is 0 Å². The average Bonchev–Trinajstić information content (AvgIpc) is 2.12. The van der Waals surface area contributed by atoms with E-state index >= 15 is 0 Å². The Morgan fingerprint density at radius 3 is 1.87 bits per heavy atom. The van der Waals surface area contributed by atoms with Gasteiger partial charge in [-0.1, -0.05) is 47.5 Å². The van der Waals surface area contributed by atoms with Gasteiger partial charge in [-0.15, -0.1) is 0 Å². The minimum Gasteiger partial charge on any atom is -0.379 e. The predicted octanol–water partition coefficient (Wildman–Crippen LogP) is 3.20. The zero-order chi connectivity index (χ0) is 12.1. The molecule has 0 aliphatic heterocycles. The molecule has 0 heterocycles. The highest BCUT2D eigenvalue weighted by molar-refractivity contribution is 4.85. The van der Waals surface area contributed by atoms with Crippen molar-refractivity contribution >= 4 is 0 Å². The van der Waals surface area contributed by atoms with Gasteiger partial charge in [-0.3, -0.25) is 0 Å². The van der Waals surface area contributed by atoms with Crippen molar-refractivity contribution in [3.8, 4) is 0 Å². The Hall–Kier alpha value is -0.0800. The number of hydrogen-bond acceptors (Lipinski definition) is 2. The molecule has 0 aromatic carbocycles. The molecule has 0 aliphatic carbocycles. The first-order valence-corrected chi connectivity index (χ1v) is 6.15. The highest BCUT2D eigenvalue weighted by Gasteiger charge is 2.30. The first-order chi connectivity index (χ1) is 6.86. The summed E-state index contributed by atoms with van der Waals surface area (Å²) >= 11 is 0. The summed E-state index contributed by atoms with van der Waals surface area (Å²) in [6, 6.07) is 0.153. The number of methoxy groups -OCH3 is 1. The van der Waals surface area contributed by atoms with E-state index in [0.29, 0.717) is 0 Å². The first kappa shape index (κ1) is 14.9. The van der Waals surface area contributed by atoms with Crippen molar-refractivity contribution in [2.75, 3.05) is 7.11 Å². The maximum Gasteiger partial charge on any atom is 0.0770 e. The fraction of sp³-hybridized carbons (Fsp3) is 1.00. The van der Waals surface area contributed by atoms with Crippen LogP contribution in [0.5, 0.6) is 0 Å². The maximum absolute atomic E-state index is 6.24. The molecule has 2 nitrogen and oxygen atoms in total. The van der Waals surface area contributed by atoms with Crippen molar-refractivity contribution in [2.24, 2.45) is 17.1 Å². The van der Waals surface area contributed by atoms with Crippen LogP contribution < -0.4 is 5.73 Å². The van der Waals surface area contributed by atoms with E-state index in [1.165, 1.54) is 12.8 Å². The highest BCUT2D eigenvalue weighted by atomic mass is 16.5. The van der Waals surface area contributed by atoms with Crippen LogP contribution in [0.25, 0.3) is 0 Å². The van der Waals surface area contributed by atoms with E-state index in [1.54, 1.807) is 7.11 Å². The fourth-order valence-electron chi connectivity index (χ4n) is 2.30. The topological polar surface area (TPSA) is 35.2 Å². The smallest absolute Gasteiger partial charge is 0.0770 e. The van der Waals surface area contributed by atoms with Crippen LogP contribution in [0.4, 0.5) is 0 Å². The summed E-state index contributed by atoms with van der Waals surface area (Å²) in [5.74, 6) is 0.736. The van der Waals surface area contributed by atoms with E-state index in [9.17, 15) is 0 Å². The Bertz CT molecular complexity index is 158. The molecule has 0 amide bonds. The molecule has 2 N–H and O–H groups in total. The Balaban J connectivity index is 4.33. The third-order valence-electron chi connectivity index (χ3n) is 3.26. The van der Waals surface area contributed by atoms with Gasteiger partial charge in [0.2, 0.25) is 0 Å². The van der Waals surface area contributed by atoms with Gasteiger partial charge in [-0.2, -0.15) is 0 Å². The number of nitrogens with two attached hydrogens (primary N) is 1. The molecule has 0 aromatic heterocycles. The van der Waals surface area contributed by atoms with Crippen molar-refractivity contribution in [3.63, 3.8) is 0 Å². The van der Waals surface area contributed by atoms with Crippen molar-refractivity contribution in [1.29, 1.82) is 0 Å². The molecule has 0 radical (unpaired) electrons. The van der Waals surface area contributed by atoms with Gasteiger partial charge in [0, 0.05) is 13.2 Å². The molecule has 2 unspecified atom stereocenters. The second-order valence-corrected chi connectivity index (χ2v) is 5.60. The average molecular weight is 215 g/mol. The Labute approximate surface area is 95.6 Å². The second-order valence-electron chi connectivity index (χ2n) is 5.60. The van der Waals surface area contributed by atoms with E-state index in [-0.39, 0.29) is 17.6 Å². The molecule has 2 atom stereocenters. The van der Waals surface area contributed by atoms with Crippen LogP contribution in [-0.2, 0) is 4.74 Å². The summed E-state index contributed by atoms with van der Waals surface area (Å²) in [4.78, 5) is 0. The van der Waals surface area contributed by atoms with Crippen LogP contribution in [-0.4, -0.2) is 19.3 Å². The maximum atomic E-state index is 6.24. The van der Waals surface area contributed by atoms with E-state index < -0.39 is 0 Å². The molecule has 15 heavy (non-hydrogen) atoms. The number of hydrogen-bond donors (Lipinski definition) is 1. The molecule has 0 fully saturated rings. The molecule has 0 spiro atoms. The summed E-state index contributed by atoms with van der Waals surface area (Å²) in [7, 11) is 1.77. The molecule has 0 aromatic rings. The lowest BCUT2D eigenvalue weighted by Gasteiger charge is -2.35. The lowest BCUT2D eigenvalue weighted by molar-refractivity contribution is -0.00729. The Morgan fingerprint density at radius 1 is 1.13 bits per heavy atom. The van der Waals surface area contributed by atoms with Crippen molar-refractivity contribution in [1.82, 2.24) is 0 Å². The molecule has 0 rings (SSSR count). The van der Waals surface area contributed by atoms with Crippen molar-refractivity contribution < 1.29 is 4.74 Å². The van der Waals surface area contributed by atoms with E-state index in [0.717, 1.165) is 12.3 Å². The lowest BCUT2D eigenvalue weighted by atomic mass is 9.81. The van der Waals surface area contributed by atoms with Crippen molar-refractivity contribution in [2.45, 2.75) is 66.0 Å². The van der Waals surface area contributed by atoms with Crippen LogP contribution in [0.2, 0.25) is 0 Å². The molecule has 92 valence electrons. The SMILES string of the molecule is CCC(CC)CC(N)C(OC)C(C)(C)C. The third-order valence-corrected chi connectivity index (χ3v) is 3.26. The first-order valence-electron chi connectivity index (χ1n) is 6.15. The minimum atomic E-state index is 0.125. The van der Waals surface area contributed by atoms with Gasteiger partial charge in [0.25, 0.3) is 0 Å². The summed E-state index contributed by atoms with van der Waals surface area (Å²) in [5.41, 5.74) is 6.37. The second kappa shape index (κ2) is 6.49. The van der Waals surface area contributed by atoms with Gasteiger partial charge in [0.15, 0.2) is 0 Å². The standard InChI is InChI=1S/C13H29NO/c1-7-10(8-2)9-11(14)12(15-6)13(3,4)5/h10-12H,7-9,14H2,1-6H3. The van der Waals surface area contributed by atoms with E-state index in [1.807, 2.05) is 0 Å². The van der Waals surface area contributed by atoms with Crippen LogP contribution in [0.1, 0.15) is 53.9 Å².